The summed E-state index contributed by atoms with van der Waals surface area (Å²) in [6.45, 7) is 0.287. The van der Waals surface area contributed by atoms with Gasteiger partial charge in [-0.2, -0.15) is 26.3 Å². The van der Waals surface area contributed by atoms with Gasteiger partial charge in [0.1, 0.15) is 5.15 Å². The fourth-order valence-electron chi connectivity index (χ4n) is 3.86. The first kappa shape index (κ1) is 29.9. The largest absolute Gasteiger partial charge is 0.466 e. The Hall–Kier alpha value is -3.60. The Morgan fingerprint density at radius 3 is 2.10 bits per heavy atom. The van der Waals surface area contributed by atoms with E-state index in [1.165, 1.54) is 13.1 Å². The second-order valence-electron chi connectivity index (χ2n) is 8.60. The topological polar surface area (TPSA) is 59.5 Å². The number of ether oxygens (including phenoxy) is 1. The quantitative estimate of drug-likeness (QED) is 0.117. The van der Waals surface area contributed by atoms with Gasteiger partial charge < -0.3 is 9.64 Å². The Labute approximate surface area is 225 Å². The van der Waals surface area contributed by atoms with Crippen LogP contribution in [0.15, 0.2) is 60.8 Å². The third-order valence-electron chi connectivity index (χ3n) is 5.65. The molecule has 0 fully saturated rings. The van der Waals surface area contributed by atoms with Crippen LogP contribution in [0.4, 0.5) is 26.3 Å². The first-order valence-electron chi connectivity index (χ1n) is 11.6. The van der Waals surface area contributed by atoms with Crippen molar-refractivity contribution in [3.8, 4) is 11.1 Å². The predicted octanol–water partition coefficient (Wildman–Crippen LogP) is 7.31. The van der Waals surface area contributed by atoms with E-state index in [0.29, 0.717) is 23.3 Å². The van der Waals surface area contributed by atoms with Crippen LogP contribution in [0.2, 0.25) is 5.15 Å². The molecule has 0 aliphatic heterocycles. The van der Waals surface area contributed by atoms with Crippen molar-refractivity contribution in [2.45, 2.75) is 45.2 Å². The molecule has 0 radical (unpaired) electrons. The van der Waals surface area contributed by atoms with Gasteiger partial charge in [-0.25, -0.2) is 4.98 Å². The van der Waals surface area contributed by atoms with Crippen molar-refractivity contribution in [3.63, 3.8) is 0 Å². The Kier molecular flexibility index (Phi) is 9.60. The van der Waals surface area contributed by atoms with Gasteiger partial charge in [0.25, 0.3) is 0 Å². The molecule has 0 aliphatic carbocycles. The molecule has 0 N–H and O–H groups in total. The number of amides is 1. The number of nitrogens with zero attached hydrogens (tertiary/aromatic N) is 2. The zero-order valence-electron chi connectivity index (χ0n) is 20.6. The lowest BCUT2D eigenvalue weighted by Crippen LogP contribution is -2.31. The Bertz CT molecular complexity index is 1280. The van der Waals surface area contributed by atoms with Gasteiger partial charge >= 0.3 is 18.3 Å². The monoisotopic (exact) mass is 572 g/mol. The molecule has 1 amide bonds. The van der Waals surface area contributed by atoms with Gasteiger partial charge in [0.2, 0.25) is 5.91 Å². The number of esters is 1. The summed E-state index contributed by atoms with van der Waals surface area (Å²) in [6.07, 6.45) is -8.72. The van der Waals surface area contributed by atoms with Crippen LogP contribution in [-0.4, -0.2) is 28.4 Å². The molecule has 0 atom stereocenters. The van der Waals surface area contributed by atoms with Crippen LogP contribution in [0.25, 0.3) is 11.1 Å². The number of carbonyl (C=O) groups excluding carboxylic acids is 2. The summed E-state index contributed by atoms with van der Waals surface area (Å²) < 4.78 is 85.4. The van der Waals surface area contributed by atoms with Crippen molar-refractivity contribution in [2.75, 3.05) is 6.61 Å². The van der Waals surface area contributed by atoms with Gasteiger partial charge in [0.15, 0.2) is 0 Å². The molecule has 0 bridgehead atoms. The standard InChI is InChI=1S/C27H23ClF6N2O3/c1-17(37)39-11-5-8-24(38)36(15-18-12-20(26(29,30)31)14-21(13-18)27(32,33)34)16-23-22(9-10-35-25(23)28)19-6-3-2-4-7-19/h2-4,6-7,9-10,12-14H,5,8,11,15-16H2,1H3. The van der Waals surface area contributed by atoms with Crippen molar-refractivity contribution in [2.24, 2.45) is 0 Å². The maximum absolute atomic E-state index is 13.4. The summed E-state index contributed by atoms with van der Waals surface area (Å²) in [7, 11) is 0. The van der Waals surface area contributed by atoms with E-state index in [-0.39, 0.29) is 42.8 Å². The van der Waals surface area contributed by atoms with Crippen LogP contribution in [0.5, 0.6) is 0 Å². The summed E-state index contributed by atoms with van der Waals surface area (Å²) in [5.41, 5.74) is -1.67. The molecule has 3 aromatic rings. The summed E-state index contributed by atoms with van der Waals surface area (Å²) in [6, 6.07) is 11.7. The lowest BCUT2D eigenvalue weighted by molar-refractivity contribution is -0.144. The fraction of sp³-hybridized carbons (Fsp3) is 0.296. The molecule has 0 spiro atoms. The highest BCUT2D eigenvalue weighted by Crippen LogP contribution is 2.37. The van der Waals surface area contributed by atoms with E-state index >= 15 is 0 Å². The van der Waals surface area contributed by atoms with Gasteiger partial charge in [0.05, 0.1) is 17.7 Å². The van der Waals surface area contributed by atoms with Crippen molar-refractivity contribution in [1.82, 2.24) is 9.88 Å². The van der Waals surface area contributed by atoms with Gasteiger partial charge in [0, 0.05) is 38.2 Å². The van der Waals surface area contributed by atoms with Crippen molar-refractivity contribution in [1.29, 1.82) is 0 Å². The number of hydrogen-bond donors (Lipinski definition) is 0. The molecule has 208 valence electrons. The number of carbonyl (C=O) groups is 2. The molecular formula is C27H23ClF6N2O3. The van der Waals surface area contributed by atoms with Gasteiger partial charge in [-0.3, -0.25) is 9.59 Å². The van der Waals surface area contributed by atoms with Crippen LogP contribution >= 0.6 is 11.6 Å². The Morgan fingerprint density at radius 1 is 0.923 bits per heavy atom. The molecule has 0 saturated heterocycles. The molecule has 0 aliphatic rings. The highest BCUT2D eigenvalue weighted by Gasteiger charge is 2.37. The normalized spacial score (nSPS) is 11.8. The number of pyridine rings is 1. The number of hydrogen-bond acceptors (Lipinski definition) is 4. The molecule has 0 saturated carbocycles. The third kappa shape index (κ3) is 8.44. The van der Waals surface area contributed by atoms with Crippen molar-refractivity contribution < 1.29 is 40.7 Å². The molecule has 3 rings (SSSR count). The van der Waals surface area contributed by atoms with Crippen molar-refractivity contribution in [3.05, 3.63) is 88.2 Å². The SMILES string of the molecule is CC(=O)OCCCC(=O)N(Cc1cc(C(F)(F)F)cc(C(F)(F)F)c1)Cc1c(-c2ccccc2)ccnc1Cl. The number of aromatic nitrogens is 1. The van der Waals surface area contributed by atoms with Crippen molar-refractivity contribution >= 4 is 23.5 Å². The Morgan fingerprint density at radius 2 is 1.54 bits per heavy atom. The highest BCUT2D eigenvalue weighted by molar-refractivity contribution is 6.30. The van der Waals surface area contributed by atoms with E-state index in [1.807, 2.05) is 0 Å². The number of benzene rings is 2. The Balaban J connectivity index is 2.02. The number of halogens is 7. The maximum Gasteiger partial charge on any atom is 0.416 e. The smallest absolute Gasteiger partial charge is 0.416 e. The fourth-order valence-corrected chi connectivity index (χ4v) is 4.07. The summed E-state index contributed by atoms with van der Waals surface area (Å²) in [5, 5.41) is 0.0223. The lowest BCUT2D eigenvalue weighted by atomic mass is 10.0. The predicted molar refractivity (Wildman–Crippen MR) is 131 cm³/mol. The molecular weight excluding hydrogens is 550 g/mol. The number of rotatable bonds is 9. The average molecular weight is 573 g/mol. The molecule has 5 nitrogen and oxygen atoms in total. The minimum atomic E-state index is -5.04. The first-order chi connectivity index (χ1) is 18.3. The zero-order chi connectivity index (χ0) is 28.8. The molecule has 1 aromatic heterocycles. The maximum atomic E-state index is 13.4. The summed E-state index contributed by atoms with van der Waals surface area (Å²) >= 11 is 6.36. The van der Waals surface area contributed by atoms with Crippen LogP contribution in [0.3, 0.4) is 0 Å². The van der Waals surface area contributed by atoms with Gasteiger partial charge in [-0.15, -0.1) is 0 Å². The summed E-state index contributed by atoms with van der Waals surface area (Å²) in [4.78, 5) is 29.4. The highest BCUT2D eigenvalue weighted by atomic mass is 35.5. The first-order valence-corrected chi connectivity index (χ1v) is 12.0. The minimum Gasteiger partial charge on any atom is -0.466 e. The van der Waals surface area contributed by atoms with Crippen LogP contribution in [-0.2, 0) is 39.8 Å². The van der Waals surface area contributed by atoms with E-state index in [4.69, 9.17) is 16.3 Å². The molecule has 0 unspecified atom stereocenters. The second kappa shape index (κ2) is 12.5. The third-order valence-corrected chi connectivity index (χ3v) is 5.98. The van der Waals surface area contributed by atoms with E-state index in [9.17, 15) is 35.9 Å². The molecule has 2 aromatic carbocycles. The zero-order valence-corrected chi connectivity index (χ0v) is 21.3. The minimum absolute atomic E-state index is 0.0223. The van der Waals surface area contributed by atoms with Gasteiger partial charge in [-0.1, -0.05) is 41.9 Å². The van der Waals surface area contributed by atoms with E-state index < -0.39 is 41.9 Å². The van der Waals surface area contributed by atoms with E-state index in [2.05, 4.69) is 4.98 Å². The van der Waals surface area contributed by atoms with E-state index in [1.54, 1.807) is 36.4 Å². The van der Waals surface area contributed by atoms with Gasteiger partial charge in [-0.05, 0) is 47.4 Å². The lowest BCUT2D eigenvalue weighted by Gasteiger charge is -2.26. The second-order valence-corrected chi connectivity index (χ2v) is 8.96. The van der Waals surface area contributed by atoms with Crippen LogP contribution < -0.4 is 0 Å². The molecule has 39 heavy (non-hydrogen) atoms. The van der Waals surface area contributed by atoms with Crippen LogP contribution in [0, 0.1) is 0 Å². The molecule has 1 heterocycles. The van der Waals surface area contributed by atoms with Crippen LogP contribution in [0.1, 0.15) is 42.0 Å². The summed E-state index contributed by atoms with van der Waals surface area (Å²) in [5.74, 6) is -1.15. The average Bonchev–Trinajstić information content (AvgIpc) is 2.86. The number of alkyl halides is 6. The van der Waals surface area contributed by atoms with E-state index in [0.717, 1.165) is 10.5 Å². The molecule has 12 heteroatoms.